The third-order valence-corrected chi connectivity index (χ3v) is 4.23. The lowest BCUT2D eigenvalue weighted by Crippen LogP contribution is -2.46. The Bertz CT molecular complexity index is 361. The molecule has 1 aliphatic carbocycles. The molecule has 3 unspecified atom stereocenters. The molecule has 18 heavy (non-hydrogen) atoms. The topological polar surface area (TPSA) is 58.6 Å². The second-order valence-electron chi connectivity index (χ2n) is 5.67. The molecule has 2 amide bonds. The van der Waals surface area contributed by atoms with Gasteiger partial charge in [0.2, 0.25) is 11.8 Å². The summed E-state index contributed by atoms with van der Waals surface area (Å²) in [6, 6.07) is 0.115. The maximum atomic E-state index is 12.2. The van der Waals surface area contributed by atoms with Crippen LogP contribution in [0.5, 0.6) is 0 Å². The first kappa shape index (κ1) is 12.1. The second kappa shape index (κ2) is 4.63. The lowest BCUT2D eigenvalue weighted by atomic mass is 9.99. The van der Waals surface area contributed by atoms with Gasteiger partial charge in [0.05, 0.1) is 19.1 Å². The number of hydrogen-bond donors (Lipinski definition) is 1. The van der Waals surface area contributed by atoms with Crippen molar-refractivity contribution < 1.29 is 14.3 Å². The minimum atomic E-state index is -0.311. The van der Waals surface area contributed by atoms with E-state index in [0.717, 1.165) is 32.5 Å². The Kier molecular flexibility index (Phi) is 3.11. The fourth-order valence-corrected chi connectivity index (χ4v) is 2.90. The Labute approximate surface area is 107 Å². The average molecular weight is 252 g/mol. The van der Waals surface area contributed by atoms with E-state index in [-0.39, 0.29) is 29.9 Å². The Morgan fingerprint density at radius 2 is 2.11 bits per heavy atom. The van der Waals surface area contributed by atoms with Gasteiger partial charge < -0.3 is 10.1 Å². The molecule has 2 aliphatic heterocycles. The van der Waals surface area contributed by atoms with Crippen LogP contribution in [0.25, 0.3) is 0 Å². The number of hydrogen-bond acceptors (Lipinski definition) is 4. The average Bonchev–Trinajstić information content (AvgIpc) is 2.91. The maximum absolute atomic E-state index is 12.2. The maximum Gasteiger partial charge on any atom is 0.247 e. The number of carbonyl (C=O) groups is 2. The number of nitrogens with zero attached hydrogens (tertiary/aromatic N) is 1. The molecule has 3 rings (SSSR count). The van der Waals surface area contributed by atoms with Crippen molar-refractivity contribution in [1.29, 1.82) is 0 Å². The Morgan fingerprint density at radius 1 is 1.33 bits per heavy atom. The van der Waals surface area contributed by atoms with Crippen LogP contribution in [0.1, 0.15) is 32.6 Å². The highest BCUT2D eigenvalue weighted by molar-refractivity contribution is 6.06. The molecule has 1 saturated carbocycles. The summed E-state index contributed by atoms with van der Waals surface area (Å²) in [6.07, 6.45) is 3.33. The zero-order chi connectivity index (χ0) is 12.7. The van der Waals surface area contributed by atoms with E-state index < -0.39 is 0 Å². The minimum absolute atomic E-state index is 0.00475. The fourth-order valence-electron chi connectivity index (χ4n) is 2.90. The number of rotatable bonds is 4. The molecule has 2 heterocycles. The number of likely N-dealkylation sites (tertiary alicyclic amines) is 1. The van der Waals surface area contributed by atoms with Gasteiger partial charge in [-0.2, -0.15) is 0 Å². The van der Waals surface area contributed by atoms with Crippen LogP contribution in [0.15, 0.2) is 0 Å². The summed E-state index contributed by atoms with van der Waals surface area (Å²) in [5.74, 6) is 0.436. The van der Waals surface area contributed by atoms with Crippen LogP contribution in [0.2, 0.25) is 0 Å². The predicted molar refractivity (Wildman–Crippen MR) is 64.8 cm³/mol. The molecule has 3 atom stereocenters. The smallest absolute Gasteiger partial charge is 0.247 e. The monoisotopic (exact) mass is 252 g/mol. The van der Waals surface area contributed by atoms with Crippen LogP contribution in [0, 0.1) is 5.92 Å². The lowest BCUT2D eigenvalue weighted by Gasteiger charge is -2.22. The Hall–Kier alpha value is -0.940. The Morgan fingerprint density at radius 3 is 2.72 bits per heavy atom. The van der Waals surface area contributed by atoms with Crippen LogP contribution in [-0.4, -0.2) is 48.1 Å². The summed E-state index contributed by atoms with van der Waals surface area (Å²) in [4.78, 5) is 25.5. The number of nitrogens with one attached hydrogen (secondary N) is 1. The number of amides is 2. The molecular formula is C13H20N2O3. The number of carbonyl (C=O) groups excluding carboxylic acids is 2. The second-order valence-corrected chi connectivity index (χ2v) is 5.67. The normalized spacial score (nSPS) is 34.4. The van der Waals surface area contributed by atoms with Crippen molar-refractivity contribution >= 4 is 11.8 Å². The van der Waals surface area contributed by atoms with Crippen molar-refractivity contribution in [2.24, 2.45) is 5.92 Å². The van der Waals surface area contributed by atoms with Crippen LogP contribution in [0.3, 0.4) is 0 Å². The first-order chi connectivity index (χ1) is 8.66. The van der Waals surface area contributed by atoms with Gasteiger partial charge >= 0.3 is 0 Å². The van der Waals surface area contributed by atoms with E-state index in [0.29, 0.717) is 12.3 Å². The molecule has 0 aromatic heterocycles. The van der Waals surface area contributed by atoms with Crippen molar-refractivity contribution in [1.82, 2.24) is 10.2 Å². The van der Waals surface area contributed by atoms with Gasteiger partial charge in [-0.15, -0.1) is 0 Å². The highest BCUT2D eigenvalue weighted by Crippen LogP contribution is 2.31. The summed E-state index contributed by atoms with van der Waals surface area (Å²) in [5, 5.41) is 3.32. The first-order valence-electron chi connectivity index (χ1n) is 6.86. The van der Waals surface area contributed by atoms with Crippen LogP contribution in [0.4, 0.5) is 0 Å². The molecule has 5 heteroatoms. The summed E-state index contributed by atoms with van der Waals surface area (Å²) < 4.78 is 5.36. The molecule has 100 valence electrons. The molecule has 0 bridgehead atoms. The van der Waals surface area contributed by atoms with Gasteiger partial charge in [0, 0.05) is 18.7 Å². The quantitative estimate of drug-likeness (QED) is 0.731. The largest absolute Gasteiger partial charge is 0.381 e. The van der Waals surface area contributed by atoms with Crippen LogP contribution in [-0.2, 0) is 14.3 Å². The molecule has 0 aromatic rings. The van der Waals surface area contributed by atoms with E-state index in [1.54, 1.807) is 0 Å². The molecule has 0 radical (unpaired) electrons. The van der Waals surface area contributed by atoms with Crippen molar-refractivity contribution in [2.45, 2.75) is 50.7 Å². The molecule has 5 nitrogen and oxygen atoms in total. The standard InChI is InChI=1S/C13H20N2O3/c1-8(9-4-5-18-7-9)14-11-6-12(16)15(13(11)17)10-2-3-10/h8-11,14H,2-7H2,1H3. The summed E-state index contributed by atoms with van der Waals surface area (Å²) in [6.45, 7) is 3.65. The molecule has 1 N–H and O–H groups in total. The van der Waals surface area contributed by atoms with Gasteiger partial charge in [0.1, 0.15) is 0 Å². The van der Waals surface area contributed by atoms with E-state index in [9.17, 15) is 9.59 Å². The predicted octanol–water partition coefficient (Wildman–Crippen LogP) is 0.291. The molecule has 0 aromatic carbocycles. The van der Waals surface area contributed by atoms with E-state index >= 15 is 0 Å². The van der Waals surface area contributed by atoms with E-state index in [4.69, 9.17) is 4.74 Å². The molecule has 0 spiro atoms. The number of imide groups is 1. The van der Waals surface area contributed by atoms with Gasteiger partial charge in [-0.1, -0.05) is 0 Å². The lowest BCUT2D eigenvalue weighted by molar-refractivity contribution is -0.139. The molecule has 3 aliphatic rings. The van der Waals surface area contributed by atoms with Crippen molar-refractivity contribution in [2.75, 3.05) is 13.2 Å². The van der Waals surface area contributed by atoms with Gasteiger partial charge in [-0.25, -0.2) is 0 Å². The molecule has 3 fully saturated rings. The van der Waals surface area contributed by atoms with Crippen LogP contribution >= 0.6 is 0 Å². The first-order valence-corrected chi connectivity index (χ1v) is 6.86. The van der Waals surface area contributed by atoms with Crippen molar-refractivity contribution in [3.8, 4) is 0 Å². The van der Waals surface area contributed by atoms with Crippen LogP contribution < -0.4 is 5.32 Å². The third kappa shape index (κ3) is 2.17. The molecular weight excluding hydrogens is 232 g/mol. The fraction of sp³-hybridized carbons (Fsp3) is 0.846. The zero-order valence-electron chi connectivity index (χ0n) is 10.7. The number of ether oxygens (including phenoxy) is 1. The summed E-state index contributed by atoms with van der Waals surface area (Å²) in [5.41, 5.74) is 0. The van der Waals surface area contributed by atoms with Crippen molar-refractivity contribution in [3.05, 3.63) is 0 Å². The highest BCUT2D eigenvalue weighted by atomic mass is 16.5. The van der Waals surface area contributed by atoms with Gasteiger partial charge in [0.25, 0.3) is 0 Å². The van der Waals surface area contributed by atoms with Gasteiger partial charge in [-0.05, 0) is 32.1 Å². The molecule has 2 saturated heterocycles. The van der Waals surface area contributed by atoms with Gasteiger partial charge in [-0.3, -0.25) is 14.5 Å². The summed E-state index contributed by atoms with van der Waals surface area (Å²) >= 11 is 0. The van der Waals surface area contributed by atoms with E-state index in [1.807, 2.05) is 0 Å². The van der Waals surface area contributed by atoms with E-state index in [2.05, 4.69) is 12.2 Å². The minimum Gasteiger partial charge on any atom is -0.381 e. The Balaban J connectivity index is 1.59. The summed E-state index contributed by atoms with van der Waals surface area (Å²) in [7, 11) is 0. The van der Waals surface area contributed by atoms with Crippen molar-refractivity contribution in [3.63, 3.8) is 0 Å². The van der Waals surface area contributed by atoms with E-state index in [1.165, 1.54) is 4.90 Å². The SMILES string of the molecule is CC(NC1CC(=O)N(C2CC2)C1=O)C1CCOC1. The zero-order valence-corrected chi connectivity index (χ0v) is 10.7. The highest BCUT2D eigenvalue weighted by Gasteiger charge is 2.46. The van der Waals surface area contributed by atoms with Gasteiger partial charge in [0.15, 0.2) is 0 Å². The third-order valence-electron chi connectivity index (χ3n) is 4.23.